The third-order valence-electron chi connectivity index (χ3n) is 6.45. The number of nitro groups is 1. The van der Waals surface area contributed by atoms with E-state index in [1.54, 1.807) is 13.8 Å². The minimum Gasteiger partial charge on any atom is -0.483 e. The van der Waals surface area contributed by atoms with Crippen LogP contribution in [-0.4, -0.2) is 42.8 Å². The second kappa shape index (κ2) is 10.5. The van der Waals surface area contributed by atoms with Gasteiger partial charge in [0.1, 0.15) is 17.0 Å². The Labute approximate surface area is 201 Å². The van der Waals surface area contributed by atoms with E-state index in [1.807, 2.05) is 0 Å². The van der Waals surface area contributed by atoms with Crippen LogP contribution in [0.5, 0.6) is 5.75 Å². The highest BCUT2D eigenvalue weighted by atomic mass is 32.2. The molecule has 0 aromatic heterocycles. The van der Waals surface area contributed by atoms with Gasteiger partial charge in [-0.1, -0.05) is 32.6 Å². The lowest BCUT2D eigenvalue weighted by molar-refractivity contribution is -0.384. The zero-order valence-electron chi connectivity index (χ0n) is 20.3. The molecule has 1 saturated carbocycles. The summed E-state index contributed by atoms with van der Waals surface area (Å²) in [6, 6.07) is 2.17. The summed E-state index contributed by atoms with van der Waals surface area (Å²) in [4.78, 5) is 23.1. The quantitative estimate of drug-likeness (QED) is 0.212. The van der Waals surface area contributed by atoms with Crippen molar-refractivity contribution in [2.45, 2.75) is 95.6 Å². The third-order valence-corrected chi connectivity index (χ3v) is 8.31. The topological polar surface area (TPSA) is 137 Å². The summed E-state index contributed by atoms with van der Waals surface area (Å²) in [5.41, 5.74) is -0.954. The molecule has 1 heterocycles. The lowest BCUT2D eigenvalue weighted by atomic mass is 9.85. The number of benzene rings is 1. The van der Waals surface area contributed by atoms with Gasteiger partial charge in [0.05, 0.1) is 22.3 Å². The van der Waals surface area contributed by atoms with Gasteiger partial charge in [0.15, 0.2) is 6.10 Å². The smallest absolute Gasteiger partial charge is 0.303 e. The Kier molecular flexibility index (Phi) is 8.07. The maximum Gasteiger partial charge on any atom is 0.303 e. The number of anilines is 1. The molecule has 1 aliphatic heterocycles. The van der Waals surface area contributed by atoms with E-state index in [1.165, 1.54) is 19.1 Å². The van der Waals surface area contributed by atoms with Crippen molar-refractivity contribution in [2.75, 3.05) is 11.3 Å². The van der Waals surface area contributed by atoms with Crippen molar-refractivity contribution < 1.29 is 27.6 Å². The van der Waals surface area contributed by atoms with Gasteiger partial charge in [-0.05, 0) is 45.7 Å². The van der Waals surface area contributed by atoms with Crippen LogP contribution in [0.4, 0.5) is 11.4 Å². The maximum absolute atomic E-state index is 12.9. The highest BCUT2D eigenvalue weighted by Crippen LogP contribution is 2.46. The average molecular weight is 498 g/mol. The van der Waals surface area contributed by atoms with E-state index in [0.717, 1.165) is 32.1 Å². The number of esters is 1. The molecular formula is C23H35N3O7S. The molecule has 2 atom stereocenters. The summed E-state index contributed by atoms with van der Waals surface area (Å²) in [5, 5.41) is 14.7. The van der Waals surface area contributed by atoms with Gasteiger partial charge in [0, 0.05) is 12.5 Å². The first-order valence-corrected chi connectivity index (χ1v) is 13.4. The zero-order chi connectivity index (χ0) is 25.1. The van der Waals surface area contributed by atoms with Crippen LogP contribution in [0.3, 0.4) is 0 Å². The number of fused-ring (bicyclic) bond motifs is 1. The Morgan fingerprint density at radius 3 is 2.53 bits per heavy atom. The molecule has 190 valence electrons. The first-order valence-electron chi connectivity index (χ1n) is 11.9. The largest absolute Gasteiger partial charge is 0.483 e. The molecule has 0 amide bonds. The lowest BCUT2D eigenvalue weighted by Gasteiger charge is -2.44. The molecule has 3 rings (SSSR count). The van der Waals surface area contributed by atoms with Crippen LogP contribution >= 0.6 is 0 Å². The van der Waals surface area contributed by atoms with E-state index in [2.05, 4.69) is 17.0 Å². The van der Waals surface area contributed by atoms with Crippen LogP contribution in [0, 0.1) is 10.1 Å². The molecule has 2 N–H and O–H groups in total. The van der Waals surface area contributed by atoms with E-state index in [-0.39, 0.29) is 17.1 Å². The van der Waals surface area contributed by atoms with Crippen LogP contribution in [0.15, 0.2) is 12.1 Å². The summed E-state index contributed by atoms with van der Waals surface area (Å²) in [7, 11) is -3.79. The van der Waals surface area contributed by atoms with Crippen molar-refractivity contribution >= 4 is 27.4 Å². The fraction of sp³-hybridized carbons (Fsp3) is 0.696. The summed E-state index contributed by atoms with van der Waals surface area (Å²) in [6.07, 6.45) is 4.90. The van der Waals surface area contributed by atoms with Gasteiger partial charge >= 0.3 is 5.97 Å². The molecule has 0 radical (unpaired) electrons. The summed E-state index contributed by atoms with van der Waals surface area (Å²) < 4.78 is 40.0. The van der Waals surface area contributed by atoms with Gasteiger partial charge in [-0.2, -0.15) is 0 Å². The molecule has 1 aromatic carbocycles. The average Bonchev–Trinajstić information content (AvgIpc) is 3.28. The van der Waals surface area contributed by atoms with Gasteiger partial charge < -0.3 is 14.8 Å². The van der Waals surface area contributed by atoms with Gasteiger partial charge in [0.25, 0.3) is 5.69 Å². The number of hydrogen-bond acceptors (Lipinski definition) is 8. The Bertz CT molecular complexity index is 1020. The van der Waals surface area contributed by atoms with E-state index < -0.39 is 43.9 Å². The maximum atomic E-state index is 12.9. The van der Waals surface area contributed by atoms with Crippen molar-refractivity contribution in [3.63, 3.8) is 0 Å². The number of ether oxygens (including phenoxy) is 2. The summed E-state index contributed by atoms with van der Waals surface area (Å²) in [6.45, 7) is 7.55. The standard InChI is InChI=1S/C23H35N3O7S/c1-5-6-9-12-24-21-17-13-18(25-34(30,31)16-10-7-8-11-16)19(26(28)29)14-20(17)33-23(3,4)22(21)32-15(2)27/h13-14,16,21-22,24-25H,5-12H2,1-4H3. The molecule has 1 aromatic rings. The van der Waals surface area contributed by atoms with Gasteiger partial charge in [-0.3, -0.25) is 19.6 Å². The molecule has 10 nitrogen and oxygen atoms in total. The number of rotatable bonds is 10. The number of carbonyl (C=O) groups excluding carboxylic acids is 1. The van der Waals surface area contributed by atoms with Gasteiger partial charge in [0.2, 0.25) is 10.0 Å². The van der Waals surface area contributed by atoms with E-state index in [0.29, 0.717) is 24.9 Å². The number of nitrogens with one attached hydrogen (secondary N) is 2. The predicted octanol–water partition coefficient (Wildman–Crippen LogP) is 4.20. The molecule has 0 spiro atoms. The first kappa shape index (κ1) is 26.2. The number of nitrogens with zero attached hydrogens (tertiary/aromatic N) is 1. The van der Waals surface area contributed by atoms with Crippen LogP contribution in [0.1, 0.15) is 84.2 Å². The molecular weight excluding hydrogens is 462 g/mol. The number of unbranched alkanes of at least 4 members (excludes halogenated alkanes) is 2. The van der Waals surface area contributed by atoms with Crippen molar-refractivity contribution in [3.8, 4) is 5.75 Å². The highest BCUT2D eigenvalue weighted by molar-refractivity contribution is 7.93. The Hall–Kier alpha value is -2.40. The van der Waals surface area contributed by atoms with Gasteiger partial charge in [-0.15, -0.1) is 0 Å². The van der Waals surface area contributed by atoms with Crippen molar-refractivity contribution in [1.29, 1.82) is 0 Å². The number of nitro benzene ring substituents is 1. The lowest BCUT2D eigenvalue weighted by Crippen LogP contribution is -2.54. The summed E-state index contributed by atoms with van der Waals surface area (Å²) >= 11 is 0. The SMILES string of the molecule is CCCCCNC1c2cc(NS(=O)(=O)C3CCCC3)c([N+](=O)[O-])cc2OC(C)(C)C1OC(C)=O. The fourth-order valence-electron chi connectivity index (χ4n) is 4.73. The Morgan fingerprint density at radius 2 is 1.94 bits per heavy atom. The molecule has 0 bridgehead atoms. The van der Waals surface area contributed by atoms with Crippen molar-refractivity contribution in [3.05, 3.63) is 27.8 Å². The molecule has 34 heavy (non-hydrogen) atoms. The van der Waals surface area contributed by atoms with Gasteiger partial charge in [-0.25, -0.2) is 8.42 Å². The molecule has 2 aliphatic rings. The van der Waals surface area contributed by atoms with E-state index in [4.69, 9.17) is 9.47 Å². The minimum atomic E-state index is -3.79. The van der Waals surface area contributed by atoms with Crippen molar-refractivity contribution in [2.24, 2.45) is 0 Å². The molecule has 1 fully saturated rings. The van der Waals surface area contributed by atoms with Crippen LogP contribution in [0.2, 0.25) is 0 Å². The molecule has 2 unspecified atom stereocenters. The second-order valence-electron chi connectivity index (χ2n) is 9.59. The minimum absolute atomic E-state index is 0.110. The third kappa shape index (κ3) is 5.80. The zero-order valence-corrected chi connectivity index (χ0v) is 21.1. The van der Waals surface area contributed by atoms with Crippen LogP contribution in [0.25, 0.3) is 0 Å². The molecule has 11 heteroatoms. The molecule has 1 aliphatic carbocycles. The first-order chi connectivity index (χ1) is 16.0. The Balaban J connectivity index is 2.06. The number of sulfonamides is 1. The number of hydrogen-bond donors (Lipinski definition) is 2. The van der Waals surface area contributed by atoms with Crippen molar-refractivity contribution in [1.82, 2.24) is 5.32 Å². The molecule has 0 saturated heterocycles. The fourth-order valence-corrected chi connectivity index (χ4v) is 6.32. The normalized spacial score (nSPS) is 22.0. The summed E-state index contributed by atoms with van der Waals surface area (Å²) in [5.74, 6) is -0.216. The Morgan fingerprint density at radius 1 is 1.26 bits per heavy atom. The second-order valence-corrected chi connectivity index (χ2v) is 11.6. The number of carbonyl (C=O) groups is 1. The predicted molar refractivity (Wildman–Crippen MR) is 128 cm³/mol. The van der Waals surface area contributed by atoms with E-state index >= 15 is 0 Å². The van der Waals surface area contributed by atoms with E-state index in [9.17, 15) is 23.3 Å². The monoisotopic (exact) mass is 497 g/mol. The van der Waals surface area contributed by atoms with Crippen LogP contribution < -0.4 is 14.8 Å². The highest BCUT2D eigenvalue weighted by Gasteiger charge is 2.47. The van der Waals surface area contributed by atoms with Crippen LogP contribution in [-0.2, 0) is 19.6 Å².